The fourth-order valence-corrected chi connectivity index (χ4v) is 8.12. The van der Waals surface area contributed by atoms with Crippen LogP contribution < -0.4 is 87.2 Å². The van der Waals surface area contributed by atoms with Crippen molar-refractivity contribution in [3.63, 3.8) is 0 Å². The van der Waals surface area contributed by atoms with Crippen molar-refractivity contribution < 1.29 is 63.0 Å². The Morgan fingerprint density at radius 1 is 0.564 bits per heavy atom. The number of aliphatic hydroxyl groups is 2. The lowest BCUT2D eigenvalue weighted by atomic mass is 10.00. The third-order valence-electron chi connectivity index (χ3n) is 12.2. The van der Waals surface area contributed by atoms with Gasteiger partial charge in [0.15, 0.2) is 0 Å². The van der Waals surface area contributed by atoms with E-state index in [2.05, 4.69) is 58.5 Å². The highest BCUT2D eigenvalue weighted by molar-refractivity contribution is 5.99. The van der Waals surface area contributed by atoms with Crippen molar-refractivity contribution >= 4 is 65.0 Å². The van der Waals surface area contributed by atoms with Gasteiger partial charge in [-0.1, -0.05) is 44.2 Å². The number of hydrogen-bond acceptors (Lipinski definition) is 18. The standard InChI is InChI=1S/C49H84N16O13/c1-25(2)23-36-46(75)59-31(12-18-51)40(69)58-34(15-21-54)45(74)64-38(26(3)66)48(77)55-22-16-35(43(72)57-32(13-19-52)42(71)63-37(47(76)62-36)24-29-9-7-6-8-10-29)60-41(70)33(14-20-53)61-49(78)39(27(4)67)65-44(73)30(11-17-50)56-28(5)68/h6-10,25-27,30-39,66-67H,11-24,50-54H2,1-5H3,(H,55,77)(H,56,68)(H,57,72)(H,58,69)(H,59,75)(H,60,70)(H,61,78)(H,62,76)(H,63,71)(H,64,74)(H,65,73)/t26-,27-,30+,31+,32+,33+,34+,35+,36+,37-,38+,39+/m1/s1. The number of nitrogens with two attached hydrogens (primary N) is 5. The van der Waals surface area contributed by atoms with Gasteiger partial charge >= 0.3 is 0 Å². The molecule has 11 amide bonds. The number of hydrogen-bond donors (Lipinski definition) is 18. The molecule has 0 aliphatic carbocycles. The Balaban J connectivity index is 2.74. The third-order valence-corrected chi connectivity index (χ3v) is 12.2. The summed E-state index contributed by atoms with van der Waals surface area (Å²) in [5.74, 6) is -10.2. The second-order valence-electron chi connectivity index (χ2n) is 19.4. The van der Waals surface area contributed by atoms with Crippen molar-refractivity contribution in [1.82, 2.24) is 58.5 Å². The minimum Gasteiger partial charge on any atom is -0.391 e. The summed E-state index contributed by atoms with van der Waals surface area (Å²) in [5, 5.41) is 48.9. The number of benzene rings is 1. The van der Waals surface area contributed by atoms with Crippen molar-refractivity contribution in [2.75, 3.05) is 39.3 Å². The van der Waals surface area contributed by atoms with Gasteiger partial charge in [-0.15, -0.1) is 0 Å². The summed E-state index contributed by atoms with van der Waals surface area (Å²) < 4.78 is 0. The van der Waals surface area contributed by atoms with Crippen LogP contribution in [0, 0.1) is 5.92 Å². The van der Waals surface area contributed by atoms with E-state index in [1.165, 1.54) is 13.8 Å². The van der Waals surface area contributed by atoms with Crippen molar-refractivity contribution in [1.29, 1.82) is 0 Å². The lowest BCUT2D eigenvalue weighted by Crippen LogP contribution is -2.62. The molecule has 2 rings (SSSR count). The molecule has 0 spiro atoms. The molecular formula is C49H84N16O13. The molecule has 0 aromatic heterocycles. The van der Waals surface area contributed by atoms with Gasteiger partial charge in [0.2, 0.25) is 65.0 Å². The van der Waals surface area contributed by atoms with Crippen LogP contribution in [-0.4, -0.2) is 187 Å². The van der Waals surface area contributed by atoms with Gasteiger partial charge in [-0.05, 0) is 103 Å². The zero-order valence-corrected chi connectivity index (χ0v) is 45.1. The number of aliphatic hydroxyl groups excluding tert-OH is 2. The topological polar surface area (TPSA) is 491 Å². The molecule has 0 saturated carbocycles. The molecule has 1 heterocycles. The molecular weight excluding hydrogens is 1020 g/mol. The van der Waals surface area contributed by atoms with Gasteiger partial charge in [0, 0.05) is 19.9 Å². The number of rotatable bonds is 23. The molecule has 0 bridgehead atoms. The lowest BCUT2D eigenvalue weighted by Gasteiger charge is -2.29. The zero-order valence-electron chi connectivity index (χ0n) is 45.1. The summed E-state index contributed by atoms with van der Waals surface area (Å²) in [7, 11) is 0. The van der Waals surface area contributed by atoms with Crippen LogP contribution in [0.3, 0.4) is 0 Å². The highest BCUT2D eigenvalue weighted by Gasteiger charge is 2.37. The van der Waals surface area contributed by atoms with E-state index in [4.69, 9.17) is 28.7 Å². The van der Waals surface area contributed by atoms with Crippen molar-refractivity contribution in [2.24, 2.45) is 34.6 Å². The molecule has 1 saturated heterocycles. The molecule has 29 heteroatoms. The van der Waals surface area contributed by atoms with E-state index in [0.717, 1.165) is 6.92 Å². The van der Waals surface area contributed by atoms with E-state index >= 15 is 0 Å². The maximum atomic E-state index is 14.4. The molecule has 23 N–H and O–H groups in total. The van der Waals surface area contributed by atoms with Crippen LogP contribution in [0.5, 0.6) is 0 Å². The fraction of sp³-hybridized carbons (Fsp3) is 0.653. The van der Waals surface area contributed by atoms with Gasteiger partial charge in [0.1, 0.15) is 60.4 Å². The van der Waals surface area contributed by atoms with Crippen LogP contribution in [0.2, 0.25) is 0 Å². The van der Waals surface area contributed by atoms with Gasteiger partial charge in [0.25, 0.3) is 0 Å². The van der Waals surface area contributed by atoms with Crippen LogP contribution in [0.25, 0.3) is 0 Å². The van der Waals surface area contributed by atoms with Crippen LogP contribution in [0.1, 0.15) is 85.1 Å². The molecule has 29 nitrogen and oxygen atoms in total. The molecule has 12 atom stereocenters. The number of amides is 11. The first-order valence-corrected chi connectivity index (χ1v) is 26.1. The van der Waals surface area contributed by atoms with Crippen molar-refractivity contribution in [2.45, 2.75) is 159 Å². The predicted octanol–water partition coefficient (Wildman–Crippen LogP) is -7.83. The first kappa shape index (κ1) is 67.2. The second kappa shape index (κ2) is 34.8. The van der Waals surface area contributed by atoms with E-state index in [-0.39, 0.29) is 83.6 Å². The molecule has 1 fully saturated rings. The van der Waals surface area contributed by atoms with E-state index in [9.17, 15) is 63.0 Å². The molecule has 1 aliphatic heterocycles. The first-order valence-electron chi connectivity index (χ1n) is 26.1. The first-order chi connectivity index (χ1) is 36.9. The van der Waals surface area contributed by atoms with Crippen LogP contribution in [0.15, 0.2) is 30.3 Å². The molecule has 1 aromatic rings. The van der Waals surface area contributed by atoms with Crippen molar-refractivity contribution in [3.8, 4) is 0 Å². The monoisotopic (exact) mass is 1100 g/mol. The van der Waals surface area contributed by atoms with E-state index in [0.29, 0.717) is 5.56 Å². The van der Waals surface area contributed by atoms with E-state index < -0.39 is 151 Å². The van der Waals surface area contributed by atoms with E-state index in [1.807, 2.05) is 0 Å². The van der Waals surface area contributed by atoms with Gasteiger partial charge in [0.05, 0.1) is 12.2 Å². The number of nitrogens with one attached hydrogen (secondary N) is 11. The summed E-state index contributed by atoms with van der Waals surface area (Å²) >= 11 is 0. The lowest BCUT2D eigenvalue weighted by molar-refractivity contribution is -0.137. The number of carbonyl (C=O) groups is 11. The SMILES string of the molecule is CC(=O)N[C@@H](CCN)C(=O)N[C@H](C(=O)N[C@@H](CCN)C(=O)N[C@H]1CCNC(=O)[C@H]([C@@H](C)O)NC(=O)[C@H](CCN)NC(=O)[C@H](CCN)NC(=O)[C@H](CC(C)C)NC(=O)[C@@H](Cc2ccccc2)NC(=O)[C@H](CCN)NC1=O)[C@@H](C)O. The molecule has 438 valence electrons. The van der Waals surface area contributed by atoms with Crippen LogP contribution >= 0.6 is 0 Å². The largest absolute Gasteiger partial charge is 0.391 e. The second-order valence-corrected chi connectivity index (χ2v) is 19.4. The van der Waals surface area contributed by atoms with Crippen LogP contribution in [-0.2, 0) is 59.2 Å². The van der Waals surface area contributed by atoms with Gasteiger partial charge < -0.3 is 97.4 Å². The predicted molar refractivity (Wildman–Crippen MR) is 284 cm³/mol. The van der Waals surface area contributed by atoms with Gasteiger partial charge in [-0.2, -0.15) is 0 Å². The van der Waals surface area contributed by atoms with E-state index in [1.54, 1.807) is 44.2 Å². The Labute approximate surface area is 453 Å². The summed E-state index contributed by atoms with van der Waals surface area (Å²) in [5.41, 5.74) is 29.6. The normalized spacial score (nSPS) is 23.4. The Morgan fingerprint density at radius 2 is 1.03 bits per heavy atom. The average Bonchev–Trinajstić information content (AvgIpc) is 3.37. The maximum Gasteiger partial charge on any atom is 0.245 e. The summed E-state index contributed by atoms with van der Waals surface area (Å²) in [4.78, 5) is 151. The average molecular weight is 1110 g/mol. The van der Waals surface area contributed by atoms with Crippen molar-refractivity contribution in [3.05, 3.63) is 35.9 Å². The minimum atomic E-state index is -1.69. The minimum absolute atomic E-state index is 0.0302. The summed E-state index contributed by atoms with van der Waals surface area (Å²) in [6.07, 6.45) is -4.50. The maximum absolute atomic E-state index is 14.4. The fourth-order valence-electron chi connectivity index (χ4n) is 8.12. The molecule has 1 aliphatic rings. The Morgan fingerprint density at radius 3 is 1.50 bits per heavy atom. The molecule has 1 aromatic carbocycles. The molecule has 0 radical (unpaired) electrons. The quantitative estimate of drug-likeness (QED) is 0.0484. The Hall–Kier alpha value is -6.89. The Kier molecular flexibility index (Phi) is 30.0. The number of carbonyl (C=O) groups excluding carboxylic acids is 11. The Bertz CT molecular complexity index is 2170. The van der Waals surface area contributed by atoms with Gasteiger partial charge in [-0.3, -0.25) is 52.7 Å². The molecule has 0 unspecified atom stereocenters. The highest BCUT2D eigenvalue weighted by atomic mass is 16.3. The van der Waals surface area contributed by atoms with Crippen LogP contribution in [0.4, 0.5) is 0 Å². The summed E-state index contributed by atoms with van der Waals surface area (Å²) in [6, 6.07) is -6.23. The molecule has 78 heavy (non-hydrogen) atoms. The zero-order chi connectivity index (χ0) is 58.6. The van der Waals surface area contributed by atoms with Gasteiger partial charge in [-0.25, -0.2) is 0 Å². The third kappa shape index (κ3) is 23.0. The highest BCUT2D eigenvalue weighted by Crippen LogP contribution is 2.11. The smallest absolute Gasteiger partial charge is 0.245 e. The summed E-state index contributed by atoms with van der Waals surface area (Å²) in [6.45, 7) is 5.92.